The first-order chi connectivity index (χ1) is 7.86. The number of aryl methyl sites for hydroxylation is 1. The molecule has 0 saturated carbocycles. The molecule has 17 heavy (non-hydrogen) atoms. The molecule has 6 heteroatoms. The lowest BCUT2D eigenvalue weighted by atomic mass is 10.2. The Bertz CT molecular complexity index is 574. The van der Waals surface area contributed by atoms with Crippen LogP contribution >= 0.6 is 11.3 Å². The van der Waals surface area contributed by atoms with Gasteiger partial charge in [-0.3, -0.25) is 4.79 Å². The summed E-state index contributed by atoms with van der Waals surface area (Å²) in [7, 11) is 0. The van der Waals surface area contributed by atoms with Crippen LogP contribution in [-0.4, -0.2) is 16.9 Å². The van der Waals surface area contributed by atoms with Crippen LogP contribution in [0.1, 0.15) is 10.6 Å². The molecule has 1 aromatic heterocycles. The highest BCUT2D eigenvalue weighted by Gasteiger charge is 2.38. The van der Waals surface area contributed by atoms with Crippen molar-refractivity contribution >= 4 is 27.3 Å². The van der Waals surface area contributed by atoms with Crippen LogP contribution < -0.4 is 0 Å². The summed E-state index contributed by atoms with van der Waals surface area (Å²) in [6, 6.07) is 5.41. The number of Topliss-reactive ketones (excluding diaryl/α,β-unsaturated/α-hetero) is 1. The molecule has 0 fully saturated rings. The van der Waals surface area contributed by atoms with E-state index < -0.39 is 18.4 Å². The van der Waals surface area contributed by atoms with Gasteiger partial charge in [-0.25, -0.2) is 4.98 Å². The fourth-order valence-electron chi connectivity index (χ4n) is 1.39. The van der Waals surface area contributed by atoms with E-state index in [1.807, 2.05) is 19.1 Å². The lowest BCUT2D eigenvalue weighted by Crippen LogP contribution is -2.24. The van der Waals surface area contributed by atoms with Gasteiger partial charge >= 0.3 is 6.18 Å². The Balaban J connectivity index is 2.29. The summed E-state index contributed by atoms with van der Waals surface area (Å²) < 4.78 is 37.0. The molecule has 90 valence electrons. The Kier molecular flexibility index (Phi) is 2.91. The Morgan fingerprint density at radius 1 is 1.41 bits per heavy atom. The van der Waals surface area contributed by atoms with E-state index in [1.54, 1.807) is 6.07 Å². The number of nitrogens with zero attached hydrogens (tertiary/aromatic N) is 1. The molecule has 0 aliphatic rings. The zero-order valence-corrected chi connectivity index (χ0v) is 9.65. The van der Waals surface area contributed by atoms with Crippen LogP contribution in [0.4, 0.5) is 13.2 Å². The maximum Gasteiger partial charge on any atom is 0.450 e. The molecular formula is C11H8F3NOS. The summed E-state index contributed by atoms with van der Waals surface area (Å²) in [6.07, 6.45) is -5.46. The smallest absolute Gasteiger partial charge is 0.289 e. The van der Waals surface area contributed by atoms with Crippen molar-refractivity contribution in [2.24, 2.45) is 0 Å². The molecule has 0 N–H and O–H groups in total. The minimum atomic E-state index is -4.78. The molecule has 2 nitrogen and oxygen atoms in total. The van der Waals surface area contributed by atoms with Crippen molar-refractivity contribution in [1.82, 2.24) is 4.98 Å². The number of ketones is 1. The first-order valence-electron chi connectivity index (χ1n) is 4.82. The second-order valence-electron chi connectivity index (χ2n) is 3.68. The Morgan fingerprint density at radius 3 is 2.76 bits per heavy atom. The number of fused-ring (bicyclic) bond motifs is 1. The molecular weight excluding hydrogens is 251 g/mol. The average molecular weight is 259 g/mol. The molecule has 0 aliphatic carbocycles. The Hall–Kier alpha value is -1.43. The predicted octanol–water partition coefficient (Wildman–Crippen LogP) is 3.28. The van der Waals surface area contributed by atoms with Gasteiger partial charge in [0, 0.05) is 0 Å². The molecule has 0 radical (unpaired) electrons. The summed E-state index contributed by atoms with van der Waals surface area (Å²) >= 11 is 1.12. The lowest BCUT2D eigenvalue weighted by Gasteiger charge is -2.01. The first-order valence-corrected chi connectivity index (χ1v) is 5.64. The van der Waals surface area contributed by atoms with E-state index in [1.165, 1.54) is 0 Å². The van der Waals surface area contributed by atoms with Crippen LogP contribution in [0, 0.1) is 6.92 Å². The van der Waals surface area contributed by atoms with Gasteiger partial charge in [-0.1, -0.05) is 6.07 Å². The summed E-state index contributed by atoms with van der Waals surface area (Å²) in [5.41, 5.74) is 1.64. The number of hydrogen-bond donors (Lipinski definition) is 0. The van der Waals surface area contributed by atoms with E-state index in [0.29, 0.717) is 5.52 Å². The standard InChI is InChI=1S/C11H8F3NOS/c1-6-2-3-7-8(4-6)17-10(15-7)5-9(16)11(12,13)14/h2-4H,5H2,1H3. The summed E-state index contributed by atoms with van der Waals surface area (Å²) in [6.45, 7) is 1.89. The van der Waals surface area contributed by atoms with Gasteiger partial charge in [0.15, 0.2) is 0 Å². The molecule has 0 bridgehead atoms. The Labute approximate surface area is 99.1 Å². The van der Waals surface area contributed by atoms with Gasteiger partial charge in [0.25, 0.3) is 0 Å². The van der Waals surface area contributed by atoms with Crippen LogP contribution in [0.3, 0.4) is 0 Å². The lowest BCUT2D eigenvalue weighted by molar-refractivity contribution is -0.170. The monoisotopic (exact) mass is 259 g/mol. The fraction of sp³-hybridized carbons (Fsp3) is 0.273. The van der Waals surface area contributed by atoms with E-state index in [0.717, 1.165) is 21.6 Å². The molecule has 1 heterocycles. The van der Waals surface area contributed by atoms with E-state index in [2.05, 4.69) is 4.98 Å². The SMILES string of the molecule is Cc1ccc2nc(CC(=O)C(F)(F)F)sc2c1. The molecule has 0 aliphatic heterocycles. The van der Waals surface area contributed by atoms with Crippen LogP contribution in [0.2, 0.25) is 0 Å². The van der Waals surface area contributed by atoms with Gasteiger partial charge in [0.2, 0.25) is 5.78 Å². The topological polar surface area (TPSA) is 30.0 Å². The van der Waals surface area contributed by atoms with E-state index in [9.17, 15) is 18.0 Å². The van der Waals surface area contributed by atoms with Crippen molar-refractivity contribution in [2.45, 2.75) is 19.5 Å². The number of carbonyl (C=O) groups excluding carboxylic acids is 1. The number of thiazole rings is 1. The van der Waals surface area contributed by atoms with Gasteiger partial charge in [0.1, 0.15) is 5.01 Å². The maximum absolute atomic E-state index is 12.1. The third-order valence-electron chi connectivity index (χ3n) is 2.22. The molecule has 2 rings (SSSR count). The van der Waals surface area contributed by atoms with E-state index in [-0.39, 0.29) is 5.01 Å². The van der Waals surface area contributed by atoms with Crippen LogP contribution in [0.5, 0.6) is 0 Å². The molecule has 0 saturated heterocycles. The third-order valence-corrected chi connectivity index (χ3v) is 3.23. The minimum absolute atomic E-state index is 0.202. The second-order valence-corrected chi connectivity index (χ2v) is 4.79. The van der Waals surface area contributed by atoms with Crippen LogP contribution in [0.25, 0.3) is 10.2 Å². The predicted molar refractivity (Wildman–Crippen MR) is 59.1 cm³/mol. The van der Waals surface area contributed by atoms with Gasteiger partial charge in [-0.05, 0) is 24.6 Å². The van der Waals surface area contributed by atoms with Crippen molar-refractivity contribution in [3.8, 4) is 0 Å². The highest BCUT2D eigenvalue weighted by Crippen LogP contribution is 2.26. The number of alkyl halides is 3. The van der Waals surface area contributed by atoms with Crippen LogP contribution in [-0.2, 0) is 11.2 Å². The van der Waals surface area contributed by atoms with E-state index >= 15 is 0 Å². The number of hydrogen-bond acceptors (Lipinski definition) is 3. The van der Waals surface area contributed by atoms with Gasteiger partial charge in [-0.15, -0.1) is 11.3 Å². The maximum atomic E-state index is 12.1. The van der Waals surface area contributed by atoms with Crippen LogP contribution in [0.15, 0.2) is 18.2 Å². The zero-order chi connectivity index (χ0) is 12.6. The van der Waals surface area contributed by atoms with E-state index in [4.69, 9.17) is 0 Å². The van der Waals surface area contributed by atoms with Crippen molar-refractivity contribution in [3.63, 3.8) is 0 Å². The van der Waals surface area contributed by atoms with Gasteiger partial charge < -0.3 is 0 Å². The zero-order valence-electron chi connectivity index (χ0n) is 8.84. The first kappa shape index (κ1) is 12.0. The minimum Gasteiger partial charge on any atom is -0.289 e. The average Bonchev–Trinajstić information content (AvgIpc) is 2.57. The molecule has 0 atom stereocenters. The highest BCUT2D eigenvalue weighted by molar-refractivity contribution is 7.18. The van der Waals surface area contributed by atoms with Crippen molar-refractivity contribution in [1.29, 1.82) is 0 Å². The molecule has 1 aromatic carbocycles. The quantitative estimate of drug-likeness (QED) is 0.828. The number of rotatable bonds is 2. The van der Waals surface area contributed by atoms with Gasteiger partial charge in [-0.2, -0.15) is 13.2 Å². The normalized spacial score (nSPS) is 12.0. The van der Waals surface area contributed by atoms with Crippen molar-refractivity contribution in [2.75, 3.05) is 0 Å². The van der Waals surface area contributed by atoms with Gasteiger partial charge in [0.05, 0.1) is 16.6 Å². The number of benzene rings is 1. The third kappa shape index (κ3) is 2.63. The van der Waals surface area contributed by atoms with Crippen molar-refractivity contribution in [3.05, 3.63) is 28.8 Å². The largest absolute Gasteiger partial charge is 0.450 e. The Morgan fingerprint density at radius 2 is 2.12 bits per heavy atom. The fourth-order valence-corrected chi connectivity index (χ4v) is 2.46. The highest BCUT2D eigenvalue weighted by atomic mass is 32.1. The molecule has 0 amide bonds. The number of halogens is 3. The molecule has 2 aromatic rings. The summed E-state index contributed by atoms with van der Waals surface area (Å²) in [5.74, 6) is -1.76. The molecule has 0 spiro atoms. The number of aromatic nitrogens is 1. The van der Waals surface area contributed by atoms with Crippen molar-refractivity contribution < 1.29 is 18.0 Å². The summed E-state index contributed by atoms with van der Waals surface area (Å²) in [4.78, 5) is 14.8. The summed E-state index contributed by atoms with van der Waals surface area (Å²) in [5, 5.41) is 0.202. The molecule has 0 unspecified atom stereocenters. The number of carbonyl (C=O) groups is 1. The second kappa shape index (κ2) is 4.10.